The number of urea groups is 1. The molecule has 0 aliphatic carbocycles. The van der Waals surface area contributed by atoms with E-state index in [0.29, 0.717) is 0 Å². The fourth-order valence-corrected chi connectivity index (χ4v) is 3.53. The summed E-state index contributed by atoms with van der Waals surface area (Å²) < 4.78 is 1.86. The third-order valence-corrected chi connectivity index (χ3v) is 5.16. The Labute approximate surface area is 146 Å². The molecule has 2 heterocycles. The molecular weight excluding hydrogens is 302 g/mol. The van der Waals surface area contributed by atoms with Gasteiger partial charge in [0, 0.05) is 24.8 Å². The molecule has 2 N–H and O–H groups in total. The Balaban J connectivity index is 1.67. The smallest absolute Gasteiger partial charge is 0.315 e. The van der Waals surface area contributed by atoms with Crippen molar-refractivity contribution in [1.29, 1.82) is 0 Å². The van der Waals surface area contributed by atoms with Crippen LogP contribution in [0.2, 0.25) is 0 Å². The van der Waals surface area contributed by atoms with Crippen molar-refractivity contribution in [2.45, 2.75) is 53.0 Å². The topological polar surface area (TPSA) is 62.2 Å². The molecule has 1 aromatic rings. The lowest BCUT2D eigenvalue weighted by Gasteiger charge is -2.30. The van der Waals surface area contributed by atoms with Crippen LogP contribution in [-0.4, -0.2) is 46.9 Å². The van der Waals surface area contributed by atoms with Gasteiger partial charge < -0.3 is 15.5 Å². The molecule has 0 aromatic carbocycles. The van der Waals surface area contributed by atoms with Crippen LogP contribution >= 0.6 is 0 Å². The van der Waals surface area contributed by atoms with E-state index in [4.69, 9.17) is 0 Å². The highest BCUT2D eigenvalue weighted by Crippen LogP contribution is 2.20. The van der Waals surface area contributed by atoms with E-state index in [1.165, 1.54) is 25.9 Å². The first-order valence-corrected chi connectivity index (χ1v) is 9.15. The van der Waals surface area contributed by atoms with Crippen LogP contribution in [-0.2, 0) is 7.05 Å². The van der Waals surface area contributed by atoms with E-state index in [0.717, 1.165) is 42.4 Å². The zero-order valence-corrected chi connectivity index (χ0v) is 15.9. The van der Waals surface area contributed by atoms with Crippen molar-refractivity contribution in [2.75, 3.05) is 26.2 Å². The van der Waals surface area contributed by atoms with Gasteiger partial charge in [0.15, 0.2) is 0 Å². The zero-order chi connectivity index (χ0) is 17.7. The van der Waals surface area contributed by atoms with Crippen LogP contribution in [0.3, 0.4) is 0 Å². The lowest BCUT2D eigenvalue weighted by Crippen LogP contribution is -2.39. The van der Waals surface area contributed by atoms with Crippen LogP contribution in [0, 0.1) is 19.8 Å². The molecule has 2 rings (SSSR count). The molecule has 1 aliphatic heterocycles. The molecule has 1 aliphatic rings. The summed E-state index contributed by atoms with van der Waals surface area (Å²) in [7, 11) is 1.93. The van der Waals surface area contributed by atoms with Gasteiger partial charge in [-0.1, -0.05) is 6.92 Å². The molecule has 6 nitrogen and oxygen atoms in total. The van der Waals surface area contributed by atoms with Gasteiger partial charge in [-0.3, -0.25) is 4.68 Å². The third-order valence-electron chi connectivity index (χ3n) is 5.16. The molecular formula is C18H33N5O. The first-order valence-electron chi connectivity index (χ1n) is 9.15. The Morgan fingerprint density at radius 1 is 1.33 bits per heavy atom. The molecule has 6 heteroatoms. The summed E-state index contributed by atoms with van der Waals surface area (Å²) >= 11 is 0. The Morgan fingerprint density at radius 3 is 2.58 bits per heavy atom. The maximum Gasteiger partial charge on any atom is 0.315 e. The van der Waals surface area contributed by atoms with Crippen LogP contribution in [0.15, 0.2) is 0 Å². The van der Waals surface area contributed by atoms with Crippen molar-refractivity contribution in [3.8, 4) is 0 Å². The maximum atomic E-state index is 12.1. The summed E-state index contributed by atoms with van der Waals surface area (Å²) in [6.07, 6.45) is 3.60. The second-order valence-corrected chi connectivity index (χ2v) is 7.21. The Hall–Kier alpha value is -1.56. The minimum atomic E-state index is -0.0996. The van der Waals surface area contributed by atoms with Gasteiger partial charge in [0.2, 0.25) is 0 Å². The highest BCUT2D eigenvalue weighted by atomic mass is 16.2. The second-order valence-electron chi connectivity index (χ2n) is 7.21. The second kappa shape index (κ2) is 8.51. The van der Waals surface area contributed by atoms with Crippen molar-refractivity contribution < 1.29 is 4.79 Å². The van der Waals surface area contributed by atoms with Crippen LogP contribution in [0.25, 0.3) is 0 Å². The van der Waals surface area contributed by atoms with Gasteiger partial charge in [-0.25, -0.2) is 4.79 Å². The van der Waals surface area contributed by atoms with Crippen molar-refractivity contribution in [3.63, 3.8) is 0 Å². The van der Waals surface area contributed by atoms with E-state index in [2.05, 4.69) is 27.6 Å². The molecule has 2 amide bonds. The van der Waals surface area contributed by atoms with Crippen LogP contribution in [0.4, 0.5) is 4.79 Å². The minimum absolute atomic E-state index is 0.0396. The molecule has 0 saturated carbocycles. The summed E-state index contributed by atoms with van der Waals surface area (Å²) in [5.74, 6) is 0.867. The van der Waals surface area contributed by atoms with Gasteiger partial charge in [-0.2, -0.15) is 5.10 Å². The summed E-state index contributed by atoms with van der Waals surface area (Å²) in [6.45, 7) is 12.5. The first kappa shape index (κ1) is 18.8. The number of aromatic nitrogens is 2. The van der Waals surface area contributed by atoms with E-state index in [1.807, 2.05) is 32.5 Å². The fraction of sp³-hybridized carbons (Fsp3) is 0.778. The quantitative estimate of drug-likeness (QED) is 0.785. The average molecular weight is 335 g/mol. The van der Waals surface area contributed by atoms with Gasteiger partial charge in [0.05, 0.1) is 11.7 Å². The summed E-state index contributed by atoms with van der Waals surface area (Å²) in [5.41, 5.74) is 3.18. The molecule has 0 unspecified atom stereocenters. The van der Waals surface area contributed by atoms with E-state index in [-0.39, 0.29) is 12.1 Å². The average Bonchev–Trinajstić information content (AvgIpc) is 2.78. The van der Waals surface area contributed by atoms with E-state index in [1.54, 1.807) is 0 Å². The zero-order valence-electron chi connectivity index (χ0n) is 15.9. The summed E-state index contributed by atoms with van der Waals surface area (Å²) in [5, 5.41) is 10.4. The standard InChI is InChI=1S/C18H33N5O/c1-13-7-11-23(12-8-13)10-6-9-19-18(24)20-14(2)17-15(3)21-22(5)16(17)4/h13-14H,6-12H2,1-5H3,(H2,19,20,24)/t14-/m0/s1. The maximum absolute atomic E-state index is 12.1. The number of likely N-dealkylation sites (tertiary alicyclic amines) is 1. The van der Waals surface area contributed by atoms with Crippen molar-refractivity contribution in [1.82, 2.24) is 25.3 Å². The van der Waals surface area contributed by atoms with Gasteiger partial charge in [0.1, 0.15) is 0 Å². The fourth-order valence-electron chi connectivity index (χ4n) is 3.53. The normalized spacial score (nSPS) is 17.7. The van der Waals surface area contributed by atoms with Gasteiger partial charge in [-0.05, 0) is 65.6 Å². The molecule has 1 saturated heterocycles. The number of amides is 2. The number of carbonyl (C=O) groups is 1. The molecule has 0 radical (unpaired) electrons. The van der Waals surface area contributed by atoms with E-state index >= 15 is 0 Å². The van der Waals surface area contributed by atoms with Crippen LogP contribution < -0.4 is 10.6 Å². The SMILES string of the molecule is Cc1nn(C)c(C)c1[C@H](C)NC(=O)NCCCN1CCC(C)CC1. The van der Waals surface area contributed by atoms with Crippen molar-refractivity contribution in [2.24, 2.45) is 13.0 Å². The number of hydrogen-bond acceptors (Lipinski definition) is 3. The molecule has 1 aromatic heterocycles. The molecule has 1 atom stereocenters. The monoisotopic (exact) mass is 335 g/mol. The van der Waals surface area contributed by atoms with E-state index < -0.39 is 0 Å². The lowest BCUT2D eigenvalue weighted by molar-refractivity contribution is 0.190. The lowest BCUT2D eigenvalue weighted by atomic mass is 9.99. The number of piperidine rings is 1. The number of hydrogen-bond donors (Lipinski definition) is 2. The first-order chi connectivity index (χ1) is 11.4. The largest absolute Gasteiger partial charge is 0.338 e. The number of nitrogens with zero attached hydrogens (tertiary/aromatic N) is 3. The number of carbonyl (C=O) groups excluding carboxylic acids is 1. The van der Waals surface area contributed by atoms with Gasteiger partial charge in [-0.15, -0.1) is 0 Å². The van der Waals surface area contributed by atoms with Gasteiger partial charge >= 0.3 is 6.03 Å². The van der Waals surface area contributed by atoms with E-state index in [9.17, 15) is 4.79 Å². The minimum Gasteiger partial charge on any atom is -0.338 e. The Kier molecular flexibility index (Phi) is 6.66. The summed E-state index contributed by atoms with van der Waals surface area (Å²) in [4.78, 5) is 14.6. The van der Waals surface area contributed by atoms with Crippen LogP contribution in [0.1, 0.15) is 56.1 Å². The number of rotatable bonds is 6. The highest BCUT2D eigenvalue weighted by Gasteiger charge is 2.18. The number of aryl methyl sites for hydroxylation is 2. The molecule has 136 valence electrons. The highest BCUT2D eigenvalue weighted by molar-refractivity contribution is 5.74. The summed E-state index contributed by atoms with van der Waals surface area (Å²) in [6, 6.07) is -0.139. The Bertz CT molecular complexity index is 546. The predicted molar refractivity (Wildman–Crippen MR) is 97.1 cm³/mol. The predicted octanol–water partition coefficient (Wildman–Crippen LogP) is 2.52. The Morgan fingerprint density at radius 2 is 2.00 bits per heavy atom. The number of nitrogens with one attached hydrogen (secondary N) is 2. The van der Waals surface area contributed by atoms with Gasteiger partial charge in [0.25, 0.3) is 0 Å². The van der Waals surface area contributed by atoms with Crippen molar-refractivity contribution >= 4 is 6.03 Å². The molecule has 0 spiro atoms. The van der Waals surface area contributed by atoms with Crippen molar-refractivity contribution in [3.05, 3.63) is 17.0 Å². The van der Waals surface area contributed by atoms with Crippen LogP contribution in [0.5, 0.6) is 0 Å². The third kappa shape index (κ3) is 4.97. The molecule has 24 heavy (non-hydrogen) atoms. The molecule has 0 bridgehead atoms. The molecule has 1 fully saturated rings.